The van der Waals surface area contributed by atoms with Gasteiger partial charge in [0.25, 0.3) is 11.6 Å². The summed E-state index contributed by atoms with van der Waals surface area (Å²) < 4.78 is 5.27. The number of nitrogens with zero attached hydrogens (tertiary/aromatic N) is 3. The van der Waals surface area contributed by atoms with Gasteiger partial charge < -0.3 is 15.0 Å². The Hall–Kier alpha value is -2.71. The number of carbonyl (C=O) groups is 1. The van der Waals surface area contributed by atoms with Crippen molar-refractivity contribution >= 4 is 17.3 Å². The van der Waals surface area contributed by atoms with Gasteiger partial charge in [0.05, 0.1) is 18.1 Å². The Labute approximate surface area is 178 Å². The Morgan fingerprint density at radius 2 is 1.93 bits per heavy atom. The van der Waals surface area contributed by atoms with Gasteiger partial charge in [-0.3, -0.25) is 19.8 Å². The van der Waals surface area contributed by atoms with Crippen LogP contribution in [-0.4, -0.2) is 72.6 Å². The molecule has 0 aliphatic carbocycles. The SMILES string of the molecule is C=CCN(CC=C)[C@@H](CNc1ccc(C(=O)N2CCOCC2)cc1[N+](=O)[O-])C(C)C. The predicted molar refractivity (Wildman–Crippen MR) is 119 cm³/mol. The number of ether oxygens (including phenoxy) is 1. The van der Waals surface area contributed by atoms with Crippen LogP contribution in [0.1, 0.15) is 24.2 Å². The summed E-state index contributed by atoms with van der Waals surface area (Å²) in [6.07, 6.45) is 3.68. The van der Waals surface area contributed by atoms with E-state index in [1.807, 2.05) is 12.2 Å². The lowest BCUT2D eigenvalue weighted by Crippen LogP contribution is -2.44. The number of rotatable bonds is 11. The van der Waals surface area contributed by atoms with Gasteiger partial charge in [-0.05, 0) is 18.1 Å². The highest BCUT2D eigenvalue weighted by atomic mass is 16.6. The van der Waals surface area contributed by atoms with E-state index >= 15 is 0 Å². The van der Waals surface area contributed by atoms with Crippen molar-refractivity contribution in [1.82, 2.24) is 9.80 Å². The van der Waals surface area contributed by atoms with Gasteiger partial charge in [-0.1, -0.05) is 26.0 Å². The molecule has 1 aliphatic rings. The number of carbonyl (C=O) groups excluding carboxylic acids is 1. The number of anilines is 1. The van der Waals surface area contributed by atoms with E-state index < -0.39 is 4.92 Å². The third-order valence-corrected chi connectivity index (χ3v) is 5.21. The molecule has 1 aromatic carbocycles. The molecule has 0 spiro atoms. The van der Waals surface area contributed by atoms with Gasteiger partial charge >= 0.3 is 0 Å². The highest BCUT2D eigenvalue weighted by Gasteiger charge is 2.24. The molecule has 1 amide bonds. The van der Waals surface area contributed by atoms with Crippen molar-refractivity contribution in [2.45, 2.75) is 19.9 Å². The van der Waals surface area contributed by atoms with Gasteiger partial charge in [0.15, 0.2) is 0 Å². The summed E-state index contributed by atoms with van der Waals surface area (Å²) in [4.78, 5) is 27.8. The van der Waals surface area contributed by atoms with Crippen molar-refractivity contribution in [2.24, 2.45) is 5.92 Å². The topological polar surface area (TPSA) is 88.0 Å². The summed E-state index contributed by atoms with van der Waals surface area (Å²) in [6, 6.07) is 4.75. The van der Waals surface area contributed by atoms with Crippen molar-refractivity contribution in [3.63, 3.8) is 0 Å². The lowest BCUT2D eigenvalue weighted by atomic mass is 10.0. The molecule has 0 aromatic heterocycles. The molecule has 8 heteroatoms. The van der Waals surface area contributed by atoms with E-state index in [0.717, 1.165) is 0 Å². The molecule has 30 heavy (non-hydrogen) atoms. The summed E-state index contributed by atoms with van der Waals surface area (Å²) in [6.45, 7) is 15.7. The van der Waals surface area contributed by atoms with Gasteiger partial charge in [-0.25, -0.2) is 0 Å². The van der Waals surface area contributed by atoms with Crippen LogP contribution in [0.2, 0.25) is 0 Å². The first-order valence-corrected chi connectivity index (χ1v) is 10.2. The van der Waals surface area contributed by atoms with Crippen molar-refractivity contribution < 1.29 is 14.5 Å². The molecule has 0 saturated carbocycles. The molecule has 1 N–H and O–H groups in total. The summed E-state index contributed by atoms with van der Waals surface area (Å²) in [5, 5.41) is 14.9. The lowest BCUT2D eigenvalue weighted by molar-refractivity contribution is -0.384. The first-order chi connectivity index (χ1) is 14.4. The molecule has 1 aromatic rings. The molecule has 2 rings (SSSR count). The quantitative estimate of drug-likeness (QED) is 0.339. The molecule has 1 atom stereocenters. The average Bonchev–Trinajstić information content (AvgIpc) is 2.74. The Kier molecular flexibility index (Phi) is 9.01. The number of amides is 1. The maximum Gasteiger partial charge on any atom is 0.293 e. The van der Waals surface area contributed by atoms with Crippen LogP contribution < -0.4 is 5.32 Å². The fourth-order valence-corrected chi connectivity index (χ4v) is 3.59. The third-order valence-electron chi connectivity index (χ3n) is 5.21. The number of nitrogens with one attached hydrogen (secondary N) is 1. The highest BCUT2D eigenvalue weighted by Crippen LogP contribution is 2.27. The van der Waals surface area contributed by atoms with Gasteiger partial charge in [0.1, 0.15) is 5.69 Å². The minimum Gasteiger partial charge on any atom is -0.378 e. The van der Waals surface area contributed by atoms with E-state index in [0.29, 0.717) is 63.1 Å². The Bertz CT molecular complexity index is 750. The molecule has 1 fully saturated rings. The molecule has 1 saturated heterocycles. The van der Waals surface area contributed by atoms with Crippen LogP contribution in [0.3, 0.4) is 0 Å². The van der Waals surface area contributed by atoms with Gasteiger partial charge in [0.2, 0.25) is 0 Å². The molecule has 8 nitrogen and oxygen atoms in total. The minimum absolute atomic E-state index is 0.101. The van der Waals surface area contributed by atoms with E-state index in [9.17, 15) is 14.9 Å². The van der Waals surface area contributed by atoms with E-state index in [4.69, 9.17) is 4.74 Å². The fraction of sp³-hybridized carbons (Fsp3) is 0.500. The maximum absolute atomic E-state index is 12.7. The molecule has 0 unspecified atom stereocenters. The Balaban J connectivity index is 2.19. The van der Waals surface area contributed by atoms with Crippen molar-refractivity contribution in [3.05, 3.63) is 59.2 Å². The largest absolute Gasteiger partial charge is 0.378 e. The van der Waals surface area contributed by atoms with Crippen LogP contribution in [0.4, 0.5) is 11.4 Å². The van der Waals surface area contributed by atoms with Crippen LogP contribution in [0.5, 0.6) is 0 Å². The maximum atomic E-state index is 12.7. The zero-order chi connectivity index (χ0) is 22.1. The highest BCUT2D eigenvalue weighted by molar-refractivity contribution is 5.95. The van der Waals surface area contributed by atoms with Crippen LogP contribution >= 0.6 is 0 Å². The molecule has 1 heterocycles. The van der Waals surface area contributed by atoms with E-state index in [1.165, 1.54) is 6.07 Å². The van der Waals surface area contributed by atoms with Crippen LogP contribution in [0, 0.1) is 16.0 Å². The molecule has 164 valence electrons. The summed E-state index contributed by atoms with van der Waals surface area (Å²) in [5.74, 6) is 0.106. The number of hydrogen-bond donors (Lipinski definition) is 1. The summed E-state index contributed by atoms with van der Waals surface area (Å²) in [5.41, 5.74) is 0.617. The molecule has 0 bridgehead atoms. The monoisotopic (exact) mass is 416 g/mol. The second kappa shape index (κ2) is 11.5. The molecule has 0 radical (unpaired) electrons. The number of nitro groups is 1. The van der Waals surface area contributed by atoms with Gasteiger partial charge in [-0.2, -0.15) is 0 Å². The second-order valence-electron chi connectivity index (χ2n) is 7.62. The van der Waals surface area contributed by atoms with E-state index in [-0.39, 0.29) is 17.6 Å². The standard InChI is InChI=1S/C22H32N4O4/c1-5-9-24(10-6-2)21(17(3)4)16-23-19-8-7-18(15-20(19)26(28)29)22(27)25-11-13-30-14-12-25/h5-8,15,17,21,23H,1-2,9-14,16H2,3-4H3/t21-/m0/s1. The van der Waals surface area contributed by atoms with Gasteiger partial charge in [0, 0.05) is 50.4 Å². The minimum atomic E-state index is -0.450. The van der Waals surface area contributed by atoms with Crippen molar-refractivity contribution in [2.75, 3.05) is 51.3 Å². The first kappa shape index (κ1) is 23.6. The van der Waals surface area contributed by atoms with E-state index in [1.54, 1.807) is 17.0 Å². The molecular weight excluding hydrogens is 384 g/mol. The first-order valence-electron chi connectivity index (χ1n) is 10.2. The molecular formula is C22H32N4O4. The molecule has 1 aliphatic heterocycles. The number of morpholine rings is 1. The predicted octanol–water partition coefficient (Wildman–Crippen LogP) is 3.18. The van der Waals surface area contributed by atoms with Gasteiger partial charge in [-0.15, -0.1) is 13.2 Å². The second-order valence-corrected chi connectivity index (χ2v) is 7.62. The van der Waals surface area contributed by atoms with Crippen molar-refractivity contribution in [3.8, 4) is 0 Å². The van der Waals surface area contributed by atoms with Crippen LogP contribution in [-0.2, 0) is 4.74 Å². The normalized spacial score (nSPS) is 15.1. The lowest BCUT2D eigenvalue weighted by Gasteiger charge is -2.33. The average molecular weight is 417 g/mol. The zero-order valence-electron chi connectivity index (χ0n) is 17.9. The summed E-state index contributed by atoms with van der Waals surface area (Å²) >= 11 is 0. The van der Waals surface area contributed by atoms with Crippen LogP contribution in [0.15, 0.2) is 43.5 Å². The fourth-order valence-electron chi connectivity index (χ4n) is 3.59. The zero-order valence-corrected chi connectivity index (χ0v) is 17.9. The van der Waals surface area contributed by atoms with Crippen molar-refractivity contribution in [1.29, 1.82) is 0 Å². The van der Waals surface area contributed by atoms with Crippen LogP contribution in [0.25, 0.3) is 0 Å². The Morgan fingerprint density at radius 3 is 2.47 bits per heavy atom. The number of hydrogen-bond acceptors (Lipinski definition) is 6. The smallest absolute Gasteiger partial charge is 0.293 e. The van der Waals surface area contributed by atoms with E-state index in [2.05, 4.69) is 37.2 Å². The third kappa shape index (κ3) is 6.14. The summed E-state index contributed by atoms with van der Waals surface area (Å²) in [7, 11) is 0. The number of nitro benzene ring substituents is 1. The number of benzene rings is 1. The Morgan fingerprint density at radius 1 is 1.30 bits per heavy atom.